The molecule has 0 aliphatic heterocycles. The summed E-state index contributed by atoms with van der Waals surface area (Å²) in [4.78, 5) is 0. The standard InChI is InChI=1S/C9H20O2/c1-7(2)10-6-9(5)11-8(3)4/h7-9H,6H2,1-5H3. The molecule has 0 aromatic rings. The van der Waals surface area contributed by atoms with Gasteiger partial charge in [0.2, 0.25) is 0 Å². The van der Waals surface area contributed by atoms with Crippen molar-refractivity contribution in [2.24, 2.45) is 0 Å². The number of rotatable bonds is 5. The van der Waals surface area contributed by atoms with Gasteiger partial charge in [0.15, 0.2) is 0 Å². The first-order chi connectivity index (χ1) is 5.02. The third-order valence-electron chi connectivity index (χ3n) is 1.17. The summed E-state index contributed by atoms with van der Waals surface area (Å²) in [5.74, 6) is 0. The van der Waals surface area contributed by atoms with Crippen LogP contribution in [0, 0.1) is 0 Å². The highest BCUT2D eigenvalue weighted by Crippen LogP contribution is 1.99. The molecule has 0 radical (unpaired) electrons. The Kier molecular flexibility index (Phi) is 5.51. The van der Waals surface area contributed by atoms with Crippen LogP contribution < -0.4 is 0 Å². The molecule has 0 aromatic heterocycles. The fourth-order valence-corrected chi connectivity index (χ4v) is 0.832. The van der Waals surface area contributed by atoms with E-state index in [4.69, 9.17) is 9.47 Å². The Hall–Kier alpha value is -0.0800. The largest absolute Gasteiger partial charge is 0.376 e. The van der Waals surface area contributed by atoms with Gasteiger partial charge in [-0.2, -0.15) is 0 Å². The lowest BCUT2D eigenvalue weighted by Gasteiger charge is -2.17. The first-order valence-corrected chi connectivity index (χ1v) is 4.29. The van der Waals surface area contributed by atoms with Gasteiger partial charge in [-0.15, -0.1) is 0 Å². The molecular weight excluding hydrogens is 140 g/mol. The van der Waals surface area contributed by atoms with Gasteiger partial charge in [0, 0.05) is 0 Å². The van der Waals surface area contributed by atoms with Gasteiger partial charge < -0.3 is 9.47 Å². The molecule has 0 aliphatic carbocycles. The van der Waals surface area contributed by atoms with Crippen molar-refractivity contribution in [1.82, 2.24) is 0 Å². The molecule has 0 aliphatic rings. The van der Waals surface area contributed by atoms with Gasteiger partial charge in [0.1, 0.15) is 0 Å². The minimum atomic E-state index is 0.206. The van der Waals surface area contributed by atoms with Crippen LogP contribution in [0.15, 0.2) is 0 Å². The van der Waals surface area contributed by atoms with Crippen molar-refractivity contribution in [3.63, 3.8) is 0 Å². The van der Waals surface area contributed by atoms with Gasteiger partial charge in [-0.05, 0) is 34.6 Å². The third kappa shape index (κ3) is 7.82. The average molecular weight is 160 g/mol. The molecule has 0 saturated heterocycles. The number of hydrogen-bond donors (Lipinski definition) is 0. The molecule has 0 spiro atoms. The van der Waals surface area contributed by atoms with E-state index < -0.39 is 0 Å². The SMILES string of the molecule is CC(C)OCC(C)OC(C)C. The first kappa shape index (κ1) is 10.9. The van der Waals surface area contributed by atoms with E-state index in [1.807, 2.05) is 34.6 Å². The zero-order valence-electron chi connectivity index (χ0n) is 8.26. The molecule has 1 atom stereocenters. The molecule has 0 rings (SSSR count). The Labute approximate surface area is 69.9 Å². The summed E-state index contributed by atoms with van der Waals surface area (Å²) in [5, 5.41) is 0. The Bertz CT molecular complexity index is 89.6. The summed E-state index contributed by atoms with van der Waals surface area (Å²) in [6.45, 7) is 10.8. The topological polar surface area (TPSA) is 18.5 Å². The van der Waals surface area contributed by atoms with Crippen molar-refractivity contribution in [2.75, 3.05) is 6.61 Å². The molecule has 0 N–H and O–H groups in total. The van der Waals surface area contributed by atoms with E-state index in [0.717, 1.165) is 0 Å². The lowest BCUT2D eigenvalue weighted by molar-refractivity contribution is -0.0494. The van der Waals surface area contributed by atoms with Crippen molar-refractivity contribution in [2.45, 2.75) is 52.9 Å². The van der Waals surface area contributed by atoms with Crippen LogP contribution in [-0.4, -0.2) is 24.9 Å². The summed E-state index contributed by atoms with van der Waals surface area (Å²) >= 11 is 0. The molecular formula is C9H20O2. The van der Waals surface area contributed by atoms with Crippen LogP contribution >= 0.6 is 0 Å². The summed E-state index contributed by atoms with van der Waals surface area (Å²) in [5.41, 5.74) is 0. The Morgan fingerprint density at radius 3 is 1.82 bits per heavy atom. The lowest BCUT2D eigenvalue weighted by atomic mass is 10.4. The van der Waals surface area contributed by atoms with E-state index in [9.17, 15) is 0 Å². The Balaban J connectivity index is 3.29. The third-order valence-corrected chi connectivity index (χ3v) is 1.17. The van der Waals surface area contributed by atoms with Crippen molar-refractivity contribution < 1.29 is 9.47 Å². The molecule has 0 aromatic carbocycles. The number of hydrogen-bond acceptors (Lipinski definition) is 2. The van der Waals surface area contributed by atoms with Gasteiger partial charge >= 0.3 is 0 Å². The number of ether oxygens (including phenoxy) is 2. The predicted molar refractivity (Wildman–Crippen MR) is 46.8 cm³/mol. The fourth-order valence-electron chi connectivity index (χ4n) is 0.832. The van der Waals surface area contributed by atoms with Crippen molar-refractivity contribution >= 4 is 0 Å². The van der Waals surface area contributed by atoms with Crippen LogP contribution in [-0.2, 0) is 9.47 Å². The van der Waals surface area contributed by atoms with Crippen LogP contribution in [0.3, 0.4) is 0 Å². The van der Waals surface area contributed by atoms with Crippen LogP contribution in [0.25, 0.3) is 0 Å². The maximum absolute atomic E-state index is 5.48. The van der Waals surface area contributed by atoms with Crippen molar-refractivity contribution in [1.29, 1.82) is 0 Å². The molecule has 0 saturated carbocycles. The first-order valence-electron chi connectivity index (χ1n) is 4.29. The second-order valence-electron chi connectivity index (χ2n) is 3.38. The van der Waals surface area contributed by atoms with E-state index >= 15 is 0 Å². The van der Waals surface area contributed by atoms with Gasteiger partial charge in [0.05, 0.1) is 24.9 Å². The van der Waals surface area contributed by atoms with E-state index in [2.05, 4.69) is 0 Å². The van der Waals surface area contributed by atoms with E-state index in [0.29, 0.717) is 18.8 Å². The molecule has 0 fully saturated rings. The van der Waals surface area contributed by atoms with Gasteiger partial charge in [-0.25, -0.2) is 0 Å². The van der Waals surface area contributed by atoms with E-state index in [1.54, 1.807) is 0 Å². The molecule has 2 heteroatoms. The van der Waals surface area contributed by atoms with E-state index in [-0.39, 0.29) is 6.10 Å². The zero-order chi connectivity index (χ0) is 8.85. The fraction of sp³-hybridized carbons (Fsp3) is 1.00. The van der Waals surface area contributed by atoms with Gasteiger partial charge in [-0.3, -0.25) is 0 Å². The highest BCUT2D eigenvalue weighted by Gasteiger charge is 2.05. The lowest BCUT2D eigenvalue weighted by Crippen LogP contribution is -2.21. The van der Waals surface area contributed by atoms with Crippen LogP contribution in [0.2, 0.25) is 0 Å². The maximum atomic E-state index is 5.48. The summed E-state index contributed by atoms with van der Waals surface area (Å²) in [6.07, 6.45) is 0.798. The average Bonchev–Trinajstić information content (AvgIpc) is 1.82. The smallest absolute Gasteiger partial charge is 0.0784 e. The van der Waals surface area contributed by atoms with Crippen molar-refractivity contribution in [3.05, 3.63) is 0 Å². The van der Waals surface area contributed by atoms with Gasteiger partial charge in [-0.1, -0.05) is 0 Å². The Morgan fingerprint density at radius 2 is 1.45 bits per heavy atom. The molecule has 2 nitrogen and oxygen atoms in total. The summed E-state index contributed by atoms with van der Waals surface area (Å²) < 4.78 is 10.9. The highest BCUT2D eigenvalue weighted by molar-refractivity contribution is 4.50. The summed E-state index contributed by atoms with van der Waals surface area (Å²) in [6, 6.07) is 0. The zero-order valence-corrected chi connectivity index (χ0v) is 8.26. The van der Waals surface area contributed by atoms with Crippen LogP contribution in [0.4, 0.5) is 0 Å². The molecule has 0 amide bonds. The molecule has 0 bridgehead atoms. The molecule has 11 heavy (non-hydrogen) atoms. The Morgan fingerprint density at radius 1 is 0.909 bits per heavy atom. The van der Waals surface area contributed by atoms with Crippen LogP contribution in [0.1, 0.15) is 34.6 Å². The second-order valence-corrected chi connectivity index (χ2v) is 3.38. The van der Waals surface area contributed by atoms with E-state index in [1.165, 1.54) is 0 Å². The maximum Gasteiger partial charge on any atom is 0.0784 e. The molecule has 68 valence electrons. The summed E-state index contributed by atoms with van der Waals surface area (Å²) in [7, 11) is 0. The molecule has 1 unspecified atom stereocenters. The van der Waals surface area contributed by atoms with Crippen LogP contribution in [0.5, 0.6) is 0 Å². The predicted octanol–water partition coefficient (Wildman–Crippen LogP) is 2.22. The van der Waals surface area contributed by atoms with Gasteiger partial charge in [0.25, 0.3) is 0 Å². The molecule has 0 heterocycles. The quantitative estimate of drug-likeness (QED) is 0.614. The normalized spacial score (nSPS) is 14.5. The second kappa shape index (κ2) is 5.56. The minimum absolute atomic E-state index is 0.206. The highest BCUT2D eigenvalue weighted by atomic mass is 16.5. The minimum Gasteiger partial charge on any atom is -0.376 e. The monoisotopic (exact) mass is 160 g/mol. The van der Waals surface area contributed by atoms with Crippen molar-refractivity contribution in [3.8, 4) is 0 Å².